The molecular weight excluding hydrogens is 252 g/mol. The molecule has 0 radical (unpaired) electrons. The average molecular weight is 272 g/mol. The first-order chi connectivity index (χ1) is 9.65. The van der Waals surface area contributed by atoms with Gasteiger partial charge >= 0.3 is 0 Å². The number of aromatic nitrogens is 1. The van der Waals surface area contributed by atoms with Gasteiger partial charge in [-0.2, -0.15) is 0 Å². The molecule has 106 valence electrons. The second-order valence-electron chi connectivity index (χ2n) is 4.88. The summed E-state index contributed by atoms with van der Waals surface area (Å²) in [7, 11) is 0. The number of rotatable bonds is 5. The molecule has 2 rings (SSSR count). The van der Waals surface area contributed by atoms with Crippen LogP contribution in [0.15, 0.2) is 30.3 Å². The van der Waals surface area contributed by atoms with Crippen molar-refractivity contribution in [3.63, 3.8) is 0 Å². The maximum atomic E-state index is 12.2. The summed E-state index contributed by atoms with van der Waals surface area (Å²) in [5, 5.41) is 4.77. The summed E-state index contributed by atoms with van der Waals surface area (Å²) in [6.07, 6.45) is 1.98. The Morgan fingerprint density at radius 3 is 2.85 bits per heavy atom. The van der Waals surface area contributed by atoms with Gasteiger partial charge in [0.05, 0.1) is 0 Å². The molecular formula is C15H20N4O. The molecule has 1 heterocycles. The number of benzene rings is 1. The van der Waals surface area contributed by atoms with E-state index in [2.05, 4.69) is 22.7 Å². The van der Waals surface area contributed by atoms with Gasteiger partial charge in [-0.25, -0.2) is 10.8 Å². The van der Waals surface area contributed by atoms with Crippen LogP contribution in [-0.4, -0.2) is 16.9 Å². The van der Waals surface area contributed by atoms with E-state index in [-0.39, 0.29) is 11.9 Å². The number of hydrogen-bond donors (Lipinski definition) is 3. The standard InChI is InChI=1S/C15H20N4O/c1-3-6-10(2)17-15(20)13-9-11-7-4-5-8-12(11)14(18-13)19-16/h4-5,7-10H,3,6,16H2,1-2H3,(H,17,20)(H,18,19). The number of nitrogen functional groups attached to an aromatic ring is 1. The van der Waals surface area contributed by atoms with Crippen LogP contribution in [-0.2, 0) is 0 Å². The van der Waals surface area contributed by atoms with Gasteiger partial charge in [0.15, 0.2) is 0 Å². The Bertz CT molecular complexity index is 612. The topological polar surface area (TPSA) is 80.0 Å². The van der Waals surface area contributed by atoms with Crippen molar-refractivity contribution in [1.29, 1.82) is 0 Å². The quantitative estimate of drug-likeness (QED) is 0.577. The number of nitrogens with two attached hydrogens (primary N) is 1. The third kappa shape index (κ3) is 3.05. The largest absolute Gasteiger partial charge is 0.348 e. The van der Waals surface area contributed by atoms with Crippen molar-refractivity contribution < 1.29 is 4.79 Å². The number of hydrogen-bond acceptors (Lipinski definition) is 4. The van der Waals surface area contributed by atoms with Gasteiger partial charge in [0.25, 0.3) is 5.91 Å². The van der Waals surface area contributed by atoms with Gasteiger partial charge in [-0.05, 0) is 24.8 Å². The highest BCUT2D eigenvalue weighted by molar-refractivity contribution is 6.00. The van der Waals surface area contributed by atoms with E-state index in [0.717, 1.165) is 23.6 Å². The molecule has 0 aliphatic rings. The smallest absolute Gasteiger partial charge is 0.270 e. The van der Waals surface area contributed by atoms with Gasteiger partial charge in [-0.15, -0.1) is 0 Å². The first-order valence-electron chi connectivity index (χ1n) is 6.83. The minimum atomic E-state index is -0.173. The van der Waals surface area contributed by atoms with Crippen molar-refractivity contribution in [3.05, 3.63) is 36.0 Å². The summed E-state index contributed by atoms with van der Waals surface area (Å²) >= 11 is 0. The molecule has 1 aromatic heterocycles. The maximum absolute atomic E-state index is 12.2. The predicted octanol–water partition coefficient (Wildman–Crippen LogP) is 2.44. The number of nitrogens with one attached hydrogen (secondary N) is 2. The van der Waals surface area contributed by atoms with E-state index in [1.807, 2.05) is 31.2 Å². The first kappa shape index (κ1) is 14.3. The molecule has 5 heteroatoms. The summed E-state index contributed by atoms with van der Waals surface area (Å²) in [6.45, 7) is 4.08. The first-order valence-corrected chi connectivity index (χ1v) is 6.83. The Hall–Kier alpha value is -2.14. The molecule has 1 atom stereocenters. The van der Waals surface area contributed by atoms with E-state index in [0.29, 0.717) is 11.5 Å². The Morgan fingerprint density at radius 1 is 1.40 bits per heavy atom. The van der Waals surface area contributed by atoms with Crippen molar-refractivity contribution in [2.45, 2.75) is 32.7 Å². The molecule has 0 saturated carbocycles. The Labute approximate surface area is 118 Å². The highest BCUT2D eigenvalue weighted by Gasteiger charge is 2.13. The number of hydrazine groups is 1. The fraction of sp³-hybridized carbons (Fsp3) is 0.333. The molecule has 0 aliphatic heterocycles. The summed E-state index contributed by atoms with van der Waals surface area (Å²) in [6, 6.07) is 9.60. The number of pyridine rings is 1. The van der Waals surface area contributed by atoms with Crippen molar-refractivity contribution >= 4 is 22.5 Å². The van der Waals surface area contributed by atoms with Crippen molar-refractivity contribution in [2.75, 3.05) is 5.43 Å². The molecule has 0 saturated heterocycles. The third-order valence-electron chi connectivity index (χ3n) is 3.21. The van der Waals surface area contributed by atoms with E-state index in [9.17, 15) is 4.79 Å². The van der Waals surface area contributed by atoms with Gasteiger partial charge in [-0.1, -0.05) is 37.6 Å². The van der Waals surface area contributed by atoms with Crippen LogP contribution >= 0.6 is 0 Å². The number of carbonyl (C=O) groups is 1. The zero-order valence-electron chi connectivity index (χ0n) is 11.8. The Kier molecular flexibility index (Phi) is 4.53. The molecule has 0 spiro atoms. The lowest BCUT2D eigenvalue weighted by Gasteiger charge is -2.13. The van der Waals surface area contributed by atoms with E-state index in [4.69, 9.17) is 5.84 Å². The zero-order chi connectivity index (χ0) is 14.5. The molecule has 1 unspecified atom stereocenters. The fourth-order valence-electron chi connectivity index (χ4n) is 2.23. The lowest BCUT2D eigenvalue weighted by molar-refractivity contribution is 0.0933. The molecule has 5 nitrogen and oxygen atoms in total. The molecule has 1 amide bonds. The number of anilines is 1. The summed E-state index contributed by atoms with van der Waals surface area (Å²) in [5.74, 6) is 5.83. The van der Waals surface area contributed by atoms with Gasteiger partial charge < -0.3 is 10.7 Å². The lowest BCUT2D eigenvalue weighted by Crippen LogP contribution is -2.33. The normalized spacial score (nSPS) is 12.2. The molecule has 20 heavy (non-hydrogen) atoms. The third-order valence-corrected chi connectivity index (χ3v) is 3.21. The molecule has 1 aromatic carbocycles. The minimum Gasteiger partial charge on any atom is -0.348 e. The summed E-state index contributed by atoms with van der Waals surface area (Å²) < 4.78 is 0. The number of amides is 1. The van der Waals surface area contributed by atoms with Crippen LogP contribution in [0.2, 0.25) is 0 Å². The minimum absolute atomic E-state index is 0.134. The van der Waals surface area contributed by atoms with Crippen LogP contribution in [0.3, 0.4) is 0 Å². The van der Waals surface area contributed by atoms with Crippen LogP contribution in [0.4, 0.5) is 5.82 Å². The predicted molar refractivity (Wildman–Crippen MR) is 81.4 cm³/mol. The highest BCUT2D eigenvalue weighted by atomic mass is 16.1. The molecule has 4 N–H and O–H groups in total. The van der Waals surface area contributed by atoms with Crippen LogP contribution in [0, 0.1) is 0 Å². The van der Waals surface area contributed by atoms with Crippen LogP contribution in [0.1, 0.15) is 37.2 Å². The SMILES string of the molecule is CCCC(C)NC(=O)c1cc2ccccc2c(NN)n1. The van der Waals surface area contributed by atoms with Gasteiger partial charge in [0, 0.05) is 11.4 Å². The van der Waals surface area contributed by atoms with Gasteiger partial charge in [-0.3, -0.25) is 4.79 Å². The number of carbonyl (C=O) groups excluding carboxylic acids is 1. The van der Waals surface area contributed by atoms with Crippen molar-refractivity contribution in [2.24, 2.45) is 5.84 Å². The maximum Gasteiger partial charge on any atom is 0.270 e. The van der Waals surface area contributed by atoms with E-state index < -0.39 is 0 Å². The fourth-order valence-corrected chi connectivity index (χ4v) is 2.23. The lowest BCUT2D eigenvalue weighted by atomic mass is 10.1. The Morgan fingerprint density at radius 2 is 2.15 bits per heavy atom. The van der Waals surface area contributed by atoms with Crippen LogP contribution in [0.5, 0.6) is 0 Å². The van der Waals surface area contributed by atoms with E-state index >= 15 is 0 Å². The Balaban J connectivity index is 2.32. The highest BCUT2D eigenvalue weighted by Crippen LogP contribution is 2.21. The van der Waals surface area contributed by atoms with Gasteiger partial charge in [0.2, 0.25) is 0 Å². The second kappa shape index (κ2) is 6.34. The molecule has 0 aliphatic carbocycles. The van der Waals surface area contributed by atoms with Crippen molar-refractivity contribution in [3.8, 4) is 0 Å². The molecule has 0 fully saturated rings. The van der Waals surface area contributed by atoms with E-state index in [1.54, 1.807) is 6.07 Å². The molecule has 2 aromatic rings. The molecule has 0 bridgehead atoms. The monoisotopic (exact) mass is 272 g/mol. The van der Waals surface area contributed by atoms with Crippen LogP contribution < -0.4 is 16.6 Å². The second-order valence-corrected chi connectivity index (χ2v) is 4.88. The summed E-state index contributed by atoms with van der Waals surface area (Å²) in [4.78, 5) is 16.5. The van der Waals surface area contributed by atoms with Crippen molar-refractivity contribution in [1.82, 2.24) is 10.3 Å². The van der Waals surface area contributed by atoms with E-state index in [1.165, 1.54) is 0 Å². The summed E-state index contributed by atoms with van der Waals surface area (Å²) in [5.41, 5.74) is 2.93. The number of fused-ring (bicyclic) bond motifs is 1. The number of nitrogens with zero attached hydrogens (tertiary/aromatic N) is 1. The van der Waals surface area contributed by atoms with Gasteiger partial charge in [0.1, 0.15) is 11.5 Å². The van der Waals surface area contributed by atoms with Crippen LogP contribution in [0.25, 0.3) is 10.8 Å². The average Bonchev–Trinajstić information content (AvgIpc) is 2.46. The zero-order valence-corrected chi connectivity index (χ0v) is 11.8.